The molecular weight excluding hydrogens is 380 g/mol. The van der Waals surface area contributed by atoms with Crippen molar-refractivity contribution >= 4 is 23.2 Å². The van der Waals surface area contributed by atoms with E-state index in [9.17, 15) is 5.11 Å². The summed E-state index contributed by atoms with van der Waals surface area (Å²) in [5, 5.41) is 18.8. The minimum absolute atomic E-state index is 0.0204. The number of halogens is 1. The maximum Gasteiger partial charge on any atom is 0.221 e. The first-order valence-electron chi connectivity index (χ1n) is 8.74. The molecule has 2 aromatic rings. The maximum absolute atomic E-state index is 9.48. The largest absolute Gasteiger partial charge is 0.490 e. The van der Waals surface area contributed by atoms with Crippen LogP contribution in [0.2, 0.25) is 5.15 Å². The Morgan fingerprint density at radius 1 is 1.18 bits per heavy atom. The molecule has 0 radical (unpaired) electrons. The lowest BCUT2D eigenvalue weighted by Crippen LogP contribution is -2.21. The lowest BCUT2D eigenvalue weighted by Gasteiger charge is -2.16. The van der Waals surface area contributed by atoms with Crippen LogP contribution in [0.25, 0.3) is 5.70 Å². The fraction of sp³-hybridized carbons (Fsp3) is 0.333. The third-order valence-corrected chi connectivity index (χ3v) is 4.22. The molecule has 2 N–H and O–H groups in total. The molecule has 1 atom stereocenters. The van der Waals surface area contributed by atoms with Crippen LogP contribution in [0.1, 0.15) is 27.9 Å². The van der Waals surface area contributed by atoms with Crippen molar-refractivity contribution in [1.82, 2.24) is 4.98 Å². The summed E-state index contributed by atoms with van der Waals surface area (Å²) < 4.78 is 11.1. The van der Waals surface area contributed by atoms with Crippen LogP contribution in [0.4, 0.5) is 0 Å². The summed E-state index contributed by atoms with van der Waals surface area (Å²) in [6, 6.07) is 7.32. The molecule has 0 spiro atoms. The van der Waals surface area contributed by atoms with Crippen molar-refractivity contribution in [1.29, 1.82) is 0 Å². The van der Waals surface area contributed by atoms with Gasteiger partial charge < -0.3 is 19.7 Å². The molecule has 0 bridgehead atoms. The zero-order valence-electron chi connectivity index (χ0n) is 16.5. The average Bonchev–Trinajstić information content (AvgIpc) is 2.63. The van der Waals surface area contributed by atoms with E-state index in [1.54, 1.807) is 6.07 Å². The quantitative estimate of drug-likeness (QED) is 0.419. The van der Waals surface area contributed by atoms with Crippen molar-refractivity contribution in [2.45, 2.75) is 26.9 Å². The van der Waals surface area contributed by atoms with Crippen LogP contribution < -0.4 is 4.74 Å². The number of aliphatic hydroxyl groups is 2. The fourth-order valence-electron chi connectivity index (χ4n) is 2.74. The summed E-state index contributed by atoms with van der Waals surface area (Å²) in [7, 11) is 1.54. The van der Waals surface area contributed by atoms with Crippen LogP contribution in [-0.2, 0) is 4.74 Å². The average molecular weight is 405 g/mol. The van der Waals surface area contributed by atoms with E-state index in [1.807, 2.05) is 39.0 Å². The minimum Gasteiger partial charge on any atom is -0.490 e. The van der Waals surface area contributed by atoms with Crippen LogP contribution in [0, 0.1) is 20.8 Å². The van der Waals surface area contributed by atoms with Crippen LogP contribution >= 0.6 is 11.6 Å². The Kier molecular flexibility index (Phi) is 7.57. The molecule has 0 aliphatic rings. The van der Waals surface area contributed by atoms with Gasteiger partial charge in [-0.3, -0.25) is 0 Å². The molecule has 150 valence electrons. The van der Waals surface area contributed by atoms with E-state index in [4.69, 9.17) is 26.2 Å². The zero-order valence-corrected chi connectivity index (χ0v) is 17.2. The van der Waals surface area contributed by atoms with Gasteiger partial charge in [0.05, 0.1) is 19.4 Å². The summed E-state index contributed by atoms with van der Waals surface area (Å²) in [4.78, 5) is 8.66. The number of hydrogen-bond donors (Lipinski definition) is 2. The Balaban J connectivity index is 2.31. The number of aliphatic imine (C=N–C) groups is 1. The molecule has 6 nitrogen and oxygen atoms in total. The number of aryl methyl sites for hydroxylation is 3. The van der Waals surface area contributed by atoms with Gasteiger partial charge in [0, 0.05) is 16.8 Å². The maximum atomic E-state index is 9.48. The summed E-state index contributed by atoms with van der Waals surface area (Å²) in [6.07, 6.45) is -0.919. The number of aliphatic hydroxyl groups excluding tert-OH is 2. The van der Waals surface area contributed by atoms with Gasteiger partial charge in [-0.05, 0) is 56.2 Å². The number of ether oxygens (including phenoxy) is 2. The fourth-order valence-corrected chi connectivity index (χ4v) is 2.99. The smallest absolute Gasteiger partial charge is 0.221 e. The van der Waals surface area contributed by atoms with Gasteiger partial charge in [-0.1, -0.05) is 18.2 Å². The molecule has 0 fully saturated rings. The third-order valence-electron chi connectivity index (χ3n) is 4.02. The SMILES string of the molecule is C=C(N=C(OC)c1cc(C)nc(Cl)c1)c1cc(C)c(OCC(O)CO)c(C)c1. The summed E-state index contributed by atoms with van der Waals surface area (Å²) in [5.74, 6) is 1.05. The molecule has 1 heterocycles. The molecule has 0 saturated heterocycles. The predicted octanol–water partition coefficient (Wildman–Crippen LogP) is 3.46. The standard InChI is InChI=1S/C21H25ClN2O4/c1-12-6-16(7-13(2)20(12)28-11-18(26)10-25)15(4)24-21(27-5)17-8-14(3)23-19(22)9-17/h6-9,18,25-26H,4,10-11H2,1-3,5H3. The highest BCUT2D eigenvalue weighted by molar-refractivity contribution is 6.29. The molecule has 7 heteroatoms. The number of aromatic nitrogens is 1. The highest BCUT2D eigenvalue weighted by atomic mass is 35.5. The number of pyridine rings is 1. The van der Waals surface area contributed by atoms with E-state index in [1.165, 1.54) is 7.11 Å². The van der Waals surface area contributed by atoms with E-state index in [2.05, 4.69) is 16.6 Å². The first kappa shape index (κ1) is 21.9. The van der Waals surface area contributed by atoms with E-state index >= 15 is 0 Å². The Morgan fingerprint density at radius 2 is 1.82 bits per heavy atom. The summed E-state index contributed by atoms with van der Waals surface area (Å²) >= 11 is 6.03. The summed E-state index contributed by atoms with van der Waals surface area (Å²) in [5.41, 5.74) is 4.56. The first-order valence-corrected chi connectivity index (χ1v) is 9.12. The van der Waals surface area contributed by atoms with Gasteiger partial charge in [0.15, 0.2) is 0 Å². The Labute approximate surface area is 170 Å². The summed E-state index contributed by atoms with van der Waals surface area (Å²) in [6.45, 7) is 9.37. The van der Waals surface area contributed by atoms with E-state index in [0.717, 1.165) is 22.4 Å². The van der Waals surface area contributed by atoms with E-state index in [-0.39, 0.29) is 13.2 Å². The second-order valence-corrected chi connectivity index (χ2v) is 6.86. The highest BCUT2D eigenvalue weighted by Crippen LogP contribution is 2.28. The number of methoxy groups -OCH3 is 1. The van der Waals surface area contributed by atoms with Gasteiger partial charge in [-0.25, -0.2) is 9.98 Å². The van der Waals surface area contributed by atoms with Crippen molar-refractivity contribution in [2.75, 3.05) is 20.3 Å². The van der Waals surface area contributed by atoms with E-state index < -0.39 is 6.10 Å². The van der Waals surface area contributed by atoms with Gasteiger partial charge in [-0.15, -0.1) is 0 Å². The number of nitrogens with zero attached hydrogens (tertiary/aromatic N) is 2. The molecule has 2 rings (SSSR count). The van der Waals surface area contributed by atoms with Gasteiger partial charge in [0.1, 0.15) is 23.6 Å². The molecule has 0 aliphatic carbocycles. The predicted molar refractivity (Wildman–Crippen MR) is 111 cm³/mol. The highest BCUT2D eigenvalue weighted by Gasteiger charge is 2.12. The Bertz CT molecular complexity index is 853. The van der Waals surface area contributed by atoms with Crippen LogP contribution in [0.3, 0.4) is 0 Å². The van der Waals surface area contributed by atoms with Gasteiger partial charge in [0.25, 0.3) is 0 Å². The van der Waals surface area contributed by atoms with Crippen LogP contribution in [0.15, 0.2) is 35.8 Å². The third kappa shape index (κ3) is 5.55. The molecule has 1 aromatic carbocycles. The minimum atomic E-state index is -0.919. The molecule has 1 unspecified atom stereocenters. The van der Waals surface area contributed by atoms with Crippen molar-refractivity contribution < 1.29 is 19.7 Å². The van der Waals surface area contributed by atoms with Crippen molar-refractivity contribution in [3.05, 3.63) is 63.9 Å². The van der Waals surface area contributed by atoms with Crippen molar-refractivity contribution in [2.24, 2.45) is 4.99 Å². The number of rotatable bonds is 7. The van der Waals surface area contributed by atoms with Gasteiger partial charge in [-0.2, -0.15) is 0 Å². The topological polar surface area (TPSA) is 84.2 Å². The Hall–Kier alpha value is -2.41. The second kappa shape index (κ2) is 9.68. The lowest BCUT2D eigenvalue weighted by molar-refractivity contribution is 0.0532. The van der Waals surface area contributed by atoms with Crippen molar-refractivity contribution in [3.63, 3.8) is 0 Å². The lowest BCUT2D eigenvalue weighted by atomic mass is 10.0. The molecule has 0 saturated carbocycles. The first-order chi connectivity index (χ1) is 13.2. The number of benzene rings is 1. The molecule has 0 amide bonds. The molecule has 0 aliphatic heterocycles. The molecule has 28 heavy (non-hydrogen) atoms. The monoisotopic (exact) mass is 404 g/mol. The second-order valence-electron chi connectivity index (χ2n) is 6.47. The van der Waals surface area contributed by atoms with E-state index in [0.29, 0.717) is 28.1 Å². The normalized spacial score (nSPS) is 12.6. The van der Waals surface area contributed by atoms with Crippen LogP contribution in [0.5, 0.6) is 5.75 Å². The molecular formula is C21H25ClN2O4. The molecule has 1 aromatic heterocycles. The van der Waals surface area contributed by atoms with Gasteiger partial charge in [0.2, 0.25) is 5.90 Å². The van der Waals surface area contributed by atoms with Crippen LogP contribution in [-0.4, -0.2) is 47.5 Å². The Morgan fingerprint density at radius 3 is 2.36 bits per heavy atom. The number of hydrogen-bond acceptors (Lipinski definition) is 6. The van der Waals surface area contributed by atoms with Gasteiger partial charge >= 0.3 is 0 Å². The zero-order chi connectivity index (χ0) is 20.8. The van der Waals surface area contributed by atoms with Crippen molar-refractivity contribution in [3.8, 4) is 5.75 Å².